The molecular weight excluding hydrogens is 259 g/mol. The zero-order chi connectivity index (χ0) is 10.1. The van der Waals surface area contributed by atoms with E-state index in [0.717, 1.165) is 24.0 Å². The molecule has 1 aliphatic rings. The van der Waals surface area contributed by atoms with E-state index in [1.807, 2.05) is 6.20 Å². The number of benzene rings is 1. The second-order valence-electron chi connectivity index (χ2n) is 4.01. The quantitative estimate of drug-likeness (QED) is 0.787. The minimum atomic E-state index is 0. The lowest BCUT2D eigenvalue weighted by molar-refractivity contribution is 0.793. The number of nitrogens with one attached hydrogen (secondary N) is 3. The van der Waals surface area contributed by atoms with Gasteiger partial charge < -0.3 is 10.6 Å². The lowest BCUT2D eigenvalue weighted by Gasteiger charge is -2.12. The van der Waals surface area contributed by atoms with Crippen LogP contribution in [0.3, 0.4) is 0 Å². The van der Waals surface area contributed by atoms with Gasteiger partial charge in [-0.25, -0.2) is 0 Å². The molecule has 1 aromatic heterocycles. The van der Waals surface area contributed by atoms with Gasteiger partial charge in [-0.15, -0.1) is 24.8 Å². The van der Waals surface area contributed by atoms with Crippen LogP contribution in [-0.2, 0) is 0 Å². The first-order valence-electron chi connectivity index (χ1n) is 5.32. The number of fused-ring (bicyclic) bond motifs is 1. The molecule has 6 heteroatoms. The van der Waals surface area contributed by atoms with Crippen molar-refractivity contribution in [2.45, 2.75) is 12.5 Å². The Morgan fingerprint density at radius 3 is 2.94 bits per heavy atom. The molecule has 17 heavy (non-hydrogen) atoms. The third kappa shape index (κ3) is 3.03. The Kier molecular flexibility index (Phi) is 5.05. The van der Waals surface area contributed by atoms with Crippen molar-refractivity contribution >= 4 is 41.4 Å². The van der Waals surface area contributed by atoms with Gasteiger partial charge in [0, 0.05) is 23.7 Å². The summed E-state index contributed by atoms with van der Waals surface area (Å²) in [6, 6.07) is 6.86. The maximum Gasteiger partial charge on any atom is 0.0651 e. The molecule has 1 saturated heterocycles. The highest BCUT2D eigenvalue weighted by Crippen LogP contribution is 2.18. The molecule has 4 nitrogen and oxygen atoms in total. The van der Waals surface area contributed by atoms with E-state index in [1.54, 1.807) is 0 Å². The highest BCUT2D eigenvalue weighted by molar-refractivity contribution is 5.85. The molecule has 0 radical (unpaired) electrons. The fourth-order valence-corrected chi connectivity index (χ4v) is 2.05. The molecule has 1 aromatic carbocycles. The van der Waals surface area contributed by atoms with Crippen LogP contribution in [0.1, 0.15) is 6.42 Å². The van der Waals surface area contributed by atoms with Crippen molar-refractivity contribution in [1.29, 1.82) is 0 Å². The van der Waals surface area contributed by atoms with Crippen molar-refractivity contribution in [2.24, 2.45) is 0 Å². The minimum absolute atomic E-state index is 0. The Hall–Kier alpha value is -0.970. The summed E-state index contributed by atoms with van der Waals surface area (Å²) in [6.07, 6.45) is 3.05. The Balaban J connectivity index is 0.000000722. The van der Waals surface area contributed by atoms with E-state index in [-0.39, 0.29) is 24.8 Å². The van der Waals surface area contributed by atoms with Crippen LogP contribution in [0.25, 0.3) is 10.9 Å². The Morgan fingerprint density at radius 1 is 1.29 bits per heavy atom. The number of aromatic nitrogens is 2. The first-order chi connectivity index (χ1) is 7.42. The number of anilines is 1. The van der Waals surface area contributed by atoms with E-state index in [2.05, 4.69) is 39.0 Å². The van der Waals surface area contributed by atoms with Gasteiger partial charge in [0.05, 0.1) is 11.7 Å². The van der Waals surface area contributed by atoms with Crippen molar-refractivity contribution in [3.05, 3.63) is 24.4 Å². The molecule has 0 aliphatic carbocycles. The zero-order valence-corrected chi connectivity index (χ0v) is 10.9. The average Bonchev–Trinajstić information content (AvgIpc) is 2.87. The van der Waals surface area contributed by atoms with Crippen LogP contribution < -0.4 is 10.6 Å². The summed E-state index contributed by atoms with van der Waals surface area (Å²) in [7, 11) is 0. The van der Waals surface area contributed by atoms with Gasteiger partial charge in [-0.2, -0.15) is 5.10 Å². The number of H-pyrrole nitrogens is 1. The summed E-state index contributed by atoms with van der Waals surface area (Å²) < 4.78 is 0. The van der Waals surface area contributed by atoms with Crippen LogP contribution in [0.2, 0.25) is 0 Å². The highest BCUT2D eigenvalue weighted by atomic mass is 35.5. The Labute approximate surface area is 112 Å². The molecule has 2 aromatic rings. The third-order valence-electron chi connectivity index (χ3n) is 2.87. The van der Waals surface area contributed by atoms with E-state index in [1.165, 1.54) is 12.1 Å². The van der Waals surface area contributed by atoms with Crippen molar-refractivity contribution in [1.82, 2.24) is 15.5 Å². The van der Waals surface area contributed by atoms with Crippen LogP contribution in [-0.4, -0.2) is 29.3 Å². The molecule has 0 spiro atoms. The molecule has 0 unspecified atom stereocenters. The third-order valence-corrected chi connectivity index (χ3v) is 2.87. The first-order valence-corrected chi connectivity index (χ1v) is 5.32. The molecule has 0 bridgehead atoms. The maximum atomic E-state index is 4.01. The van der Waals surface area contributed by atoms with Gasteiger partial charge in [0.15, 0.2) is 0 Å². The van der Waals surface area contributed by atoms with Gasteiger partial charge in [-0.05, 0) is 31.2 Å². The topological polar surface area (TPSA) is 52.7 Å². The molecule has 1 atom stereocenters. The number of hydrogen-bond acceptors (Lipinski definition) is 3. The van der Waals surface area contributed by atoms with E-state index in [4.69, 9.17) is 0 Å². The average molecular weight is 275 g/mol. The molecule has 94 valence electrons. The fraction of sp³-hybridized carbons (Fsp3) is 0.364. The smallest absolute Gasteiger partial charge is 0.0651 e. The van der Waals surface area contributed by atoms with Gasteiger partial charge in [0.1, 0.15) is 0 Å². The lowest BCUT2D eigenvalue weighted by Crippen LogP contribution is -2.21. The predicted octanol–water partition coefficient (Wildman–Crippen LogP) is 2.18. The van der Waals surface area contributed by atoms with Crippen molar-refractivity contribution in [3.63, 3.8) is 0 Å². The normalized spacial score (nSPS) is 18.5. The summed E-state index contributed by atoms with van der Waals surface area (Å²) >= 11 is 0. The monoisotopic (exact) mass is 274 g/mol. The second-order valence-corrected chi connectivity index (χ2v) is 4.01. The van der Waals surface area contributed by atoms with Crippen LogP contribution in [0.15, 0.2) is 24.4 Å². The molecule has 2 heterocycles. The highest BCUT2D eigenvalue weighted by Gasteiger charge is 2.13. The van der Waals surface area contributed by atoms with Gasteiger partial charge in [-0.3, -0.25) is 5.10 Å². The predicted molar refractivity (Wildman–Crippen MR) is 75.5 cm³/mol. The van der Waals surface area contributed by atoms with Crippen molar-refractivity contribution in [2.75, 3.05) is 18.4 Å². The summed E-state index contributed by atoms with van der Waals surface area (Å²) in [5.41, 5.74) is 2.27. The summed E-state index contributed by atoms with van der Waals surface area (Å²) in [4.78, 5) is 0. The van der Waals surface area contributed by atoms with Crippen LogP contribution in [0, 0.1) is 0 Å². The first kappa shape index (κ1) is 14.1. The fourth-order valence-electron chi connectivity index (χ4n) is 2.05. The van der Waals surface area contributed by atoms with E-state index >= 15 is 0 Å². The molecular formula is C11H16Cl2N4. The van der Waals surface area contributed by atoms with Crippen LogP contribution in [0.4, 0.5) is 5.69 Å². The summed E-state index contributed by atoms with van der Waals surface area (Å²) in [5.74, 6) is 0. The molecule has 1 aliphatic heterocycles. The van der Waals surface area contributed by atoms with Crippen molar-refractivity contribution < 1.29 is 0 Å². The van der Waals surface area contributed by atoms with Crippen LogP contribution in [0.5, 0.6) is 0 Å². The minimum Gasteiger partial charge on any atom is -0.381 e. The second kappa shape index (κ2) is 6.10. The van der Waals surface area contributed by atoms with E-state index in [9.17, 15) is 0 Å². The van der Waals surface area contributed by atoms with E-state index in [0.29, 0.717) is 6.04 Å². The number of hydrogen-bond donors (Lipinski definition) is 3. The number of rotatable bonds is 2. The Morgan fingerprint density at radius 2 is 2.18 bits per heavy atom. The largest absolute Gasteiger partial charge is 0.381 e. The summed E-state index contributed by atoms with van der Waals surface area (Å²) in [5, 5.41) is 15.0. The van der Waals surface area contributed by atoms with Gasteiger partial charge in [-0.1, -0.05) is 0 Å². The van der Waals surface area contributed by atoms with Gasteiger partial charge in [0.25, 0.3) is 0 Å². The lowest BCUT2D eigenvalue weighted by atomic mass is 10.2. The van der Waals surface area contributed by atoms with E-state index < -0.39 is 0 Å². The van der Waals surface area contributed by atoms with Gasteiger partial charge >= 0.3 is 0 Å². The van der Waals surface area contributed by atoms with Crippen molar-refractivity contribution in [3.8, 4) is 0 Å². The molecule has 0 amide bonds. The number of aromatic amines is 1. The maximum absolute atomic E-state index is 4.01. The SMILES string of the molecule is Cl.Cl.c1cc2[nH]ncc2cc1N[C@H]1CCNC1. The molecule has 1 fully saturated rings. The standard InChI is InChI=1S/C11H14N4.2ClH/c1-2-11-8(6-13-15-11)5-9(1)14-10-3-4-12-7-10;;/h1-2,5-6,10,12,14H,3-4,7H2,(H,13,15);2*1H/t10-;;/m0../s1. The van der Waals surface area contributed by atoms with Gasteiger partial charge in [0.2, 0.25) is 0 Å². The zero-order valence-electron chi connectivity index (χ0n) is 9.27. The molecule has 3 rings (SSSR count). The number of nitrogens with zero attached hydrogens (tertiary/aromatic N) is 1. The molecule has 0 saturated carbocycles. The van der Waals surface area contributed by atoms with Crippen LogP contribution >= 0.6 is 24.8 Å². The number of halogens is 2. The Bertz CT molecular complexity index is 465. The summed E-state index contributed by atoms with van der Waals surface area (Å²) in [6.45, 7) is 2.18. The molecule has 3 N–H and O–H groups in total.